The van der Waals surface area contributed by atoms with Crippen LogP contribution in [0.15, 0.2) is 22.8 Å². The fraction of sp³-hybridized carbons (Fsp3) is 0.444. The first-order chi connectivity index (χ1) is 7.38. The van der Waals surface area contributed by atoms with Crippen LogP contribution in [0.25, 0.3) is 0 Å². The van der Waals surface area contributed by atoms with Gasteiger partial charge >= 0.3 is 0 Å². The van der Waals surface area contributed by atoms with Crippen molar-refractivity contribution in [3.8, 4) is 0 Å². The molecule has 0 amide bonds. The summed E-state index contributed by atoms with van der Waals surface area (Å²) in [4.78, 5) is 1.39. The Morgan fingerprint density at radius 3 is 3.07 bits per heavy atom. The van der Waals surface area contributed by atoms with Gasteiger partial charge in [0.2, 0.25) is 0 Å². The molecule has 0 atom stereocenters. The number of rotatable bonds is 5. The van der Waals surface area contributed by atoms with Crippen molar-refractivity contribution in [2.75, 3.05) is 6.61 Å². The largest absolute Gasteiger partial charge is 0.469 e. The molecule has 6 nitrogen and oxygen atoms in total. The SMILES string of the molecule is OCCn1nnc(CCc2ccco2)n1. The Kier molecular flexibility index (Phi) is 3.08. The fourth-order valence-electron chi connectivity index (χ4n) is 1.25. The zero-order valence-corrected chi connectivity index (χ0v) is 8.20. The molecule has 2 aromatic heterocycles. The number of hydrogen-bond donors (Lipinski definition) is 1. The standard InChI is InChI=1S/C9H12N4O2/c14-6-5-13-11-9(10-12-13)4-3-8-2-1-7-15-8/h1-2,7,14H,3-6H2. The van der Waals surface area contributed by atoms with Crippen LogP contribution in [-0.4, -0.2) is 31.9 Å². The molecule has 80 valence electrons. The smallest absolute Gasteiger partial charge is 0.175 e. The molecular weight excluding hydrogens is 196 g/mol. The summed E-state index contributed by atoms with van der Waals surface area (Å²) in [5.41, 5.74) is 0. The van der Waals surface area contributed by atoms with Crippen LogP contribution in [0.4, 0.5) is 0 Å². The van der Waals surface area contributed by atoms with E-state index < -0.39 is 0 Å². The average Bonchev–Trinajstić information content (AvgIpc) is 2.85. The minimum Gasteiger partial charge on any atom is -0.469 e. The third-order valence-corrected chi connectivity index (χ3v) is 1.97. The van der Waals surface area contributed by atoms with Crippen LogP contribution >= 0.6 is 0 Å². The summed E-state index contributed by atoms with van der Waals surface area (Å²) in [5.74, 6) is 1.58. The summed E-state index contributed by atoms with van der Waals surface area (Å²) >= 11 is 0. The third kappa shape index (κ3) is 2.63. The maximum Gasteiger partial charge on any atom is 0.175 e. The highest BCUT2D eigenvalue weighted by molar-refractivity contribution is 4.99. The lowest BCUT2D eigenvalue weighted by Gasteiger charge is -1.92. The van der Waals surface area contributed by atoms with Crippen molar-refractivity contribution in [2.45, 2.75) is 19.4 Å². The van der Waals surface area contributed by atoms with Crippen LogP contribution in [0.1, 0.15) is 11.6 Å². The summed E-state index contributed by atoms with van der Waals surface area (Å²) in [6.07, 6.45) is 3.10. The number of tetrazole rings is 1. The molecule has 2 heterocycles. The molecule has 0 radical (unpaired) electrons. The average molecular weight is 208 g/mol. The van der Waals surface area contributed by atoms with Crippen molar-refractivity contribution >= 4 is 0 Å². The number of nitrogens with zero attached hydrogens (tertiary/aromatic N) is 4. The first kappa shape index (κ1) is 9.85. The molecule has 0 bridgehead atoms. The molecule has 0 aliphatic rings. The van der Waals surface area contributed by atoms with Crippen molar-refractivity contribution in [1.82, 2.24) is 20.2 Å². The zero-order valence-electron chi connectivity index (χ0n) is 8.20. The van der Waals surface area contributed by atoms with Gasteiger partial charge in [-0.15, -0.1) is 10.2 Å². The number of aryl methyl sites for hydroxylation is 2. The van der Waals surface area contributed by atoms with Crippen LogP contribution in [0, 0.1) is 0 Å². The molecule has 0 aliphatic heterocycles. The van der Waals surface area contributed by atoms with Gasteiger partial charge in [-0.1, -0.05) is 0 Å². The molecule has 0 fully saturated rings. The summed E-state index contributed by atoms with van der Waals surface area (Å²) in [7, 11) is 0. The van der Waals surface area contributed by atoms with Crippen LogP contribution in [0.3, 0.4) is 0 Å². The molecule has 15 heavy (non-hydrogen) atoms. The summed E-state index contributed by atoms with van der Waals surface area (Å²) < 4.78 is 5.19. The van der Waals surface area contributed by atoms with E-state index in [1.807, 2.05) is 12.1 Å². The Balaban J connectivity index is 1.88. The highest BCUT2D eigenvalue weighted by atomic mass is 16.3. The minimum absolute atomic E-state index is 0.0218. The van der Waals surface area contributed by atoms with Crippen LogP contribution in [0.5, 0.6) is 0 Å². The van der Waals surface area contributed by atoms with Crippen molar-refractivity contribution in [3.05, 3.63) is 30.0 Å². The van der Waals surface area contributed by atoms with Gasteiger partial charge in [0.05, 0.1) is 19.4 Å². The van der Waals surface area contributed by atoms with Gasteiger partial charge in [0, 0.05) is 12.8 Å². The maximum atomic E-state index is 8.67. The molecule has 6 heteroatoms. The molecule has 0 saturated carbocycles. The number of aliphatic hydroxyl groups is 1. The number of aromatic nitrogens is 4. The van der Waals surface area contributed by atoms with E-state index in [2.05, 4.69) is 15.4 Å². The van der Waals surface area contributed by atoms with Crippen LogP contribution in [-0.2, 0) is 19.4 Å². The van der Waals surface area contributed by atoms with Gasteiger partial charge in [-0.3, -0.25) is 0 Å². The van der Waals surface area contributed by atoms with Gasteiger partial charge in [0.15, 0.2) is 5.82 Å². The Bertz CT molecular complexity index is 396. The van der Waals surface area contributed by atoms with E-state index in [0.717, 1.165) is 12.2 Å². The van der Waals surface area contributed by atoms with Crippen molar-refractivity contribution in [2.24, 2.45) is 0 Å². The summed E-state index contributed by atoms with van der Waals surface area (Å²) in [5, 5.41) is 20.4. The molecule has 0 saturated heterocycles. The topological polar surface area (TPSA) is 77.0 Å². The highest BCUT2D eigenvalue weighted by Crippen LogP contribution is 2.03. The molecule has 0 unspecified atom stereocenters. The van der Waals surface area contributed by atoms with Crippen molar-refractivity contribution < 1.29 is 9.52 Å². The molecule has 0 aliphatic carbocycles. The Labute approximate surface area is 86.5 Å². The van der Waals surface area contributed by atoms with Crippen molar-refractivity contribution in [3.63, 3.8) is 0 Å². The molecule has 1 N–H and O–H groups in total. The van der Waals surface area contributed by atoms with E-state index in [9.17, 15) is 0 Å². The van der Waals surface area contributed by atoms with E-state index in [4.69, 9.17) is 9.52 Å². The second-order valence-electron chi connectivity index (χ2n) is 3.10. The molecule has 0 spiro atoms. The zero-order chi connectivity index (χ0) is 10.5. The minimum atomic E-state index is 0.0218. The Hall–Kier alpha value is -1.69. The van der Waals surface area contributed by atoms with E-state index >= 15 is 0 Å². The number of furan rings is 1. The second-order valence-corrected chi connectivity index (χ2v) is 3.10. The van der Waals surface area contributed by atoms with Gasteiger partial charge in [-0.2, -0.15) is 4.80 Å². The van der Waals surface area contributed by atoms with Crippen molar-refractivity contribution in [1.29, 1.82) is 0 Å². The quantitative estimate of drug-likeness (QED) is 0.750. The van der Waals surface area contributed by atoms with Crippen LogP contribution in [0.2, 0.25) is 0 Å². The first-order valence-corrected chi connectivity index (χ1v) is 4.78. The second kappa shape index (κ2) is 4.70. The predicted octanol–water partition coefficient (Wildman–Crippen LogP) is 0.0436. The molecular formula is C9H12N4O2. The molecule has 0 aromatic carbocycles. The van der Waals surface area contributed by atoms with E-state index in [-0.39, 0.29) is 6.61 Å². The van der Waals surface area contributed by atoms with E-state index in [0.29, 0.717) is 18.8 Å². The van der Waals surface area contributed by atoms with E-state index in [1.54, 1.807) is 6.26 Å². The summed E-state index contributed by atoms with van der Waals surface area (Å²) in [6, 6.07) is 3.77. The maximum absolute atomic E-state index is 8.67. The van der Waals surface area contributed by atoms with Gasteiger partial charge < -0.3 is 9.52 Å². The predicted molar refractivity (Wildman–Crippen MR) is 51.0 cm³/mol. The van der Waals surface area contributed by atoms with Gasteiger partial charge in [0.1, 0.15) is 5.76 Å². The normalized spacial score (nSPS) is 10.7. The lowest BCUT2D eigenvalue weighted by atomic mass is 10.2. The lowest BCUT2D eigenvalue weighted by Crippen LogP contribution is -2.06. The van der Waals surface area contributed by atoms with Gasteiger partial charge in [-0.05, 0) is 17.3 Å². The van der Waals surface area contributed by atoms with E-state index in [1.165, 1.54) is 4.80 Å². The highest BCUT2D eigenvalue weighted by Gasteiger charge is 2.03. The lowest BCUT2D eigenvalue weighted by molar-refractivity contribution is 0.259. The number of aliphatic hydroxyl groups excluding tert-OH is 1. The monoisotopic (exact) mass is 208 g/mol. The summed E-state index contributed by atoms with van der Waals surface area (Å²) in [6.45, 7) is 0.404. The fourth-order valence-corrected chi connectivity index (χ4v) is 1.25. The molecule has 2 rings (SSSR count). The van der Waals surface area contributed by atoms with Gasteiger partial charge in [-0.25, -0.2) is 0 Å². The Morgan fingerprint density at radius 1 is 1.40 bits per heavy atom. The number of hydrogen-bond acceptors (Lipinski definition) is 5. The molecule has 2 aromatic rings. The van der Waals surface area contributed by atoms with Gasteiger partial charge in [0.25, 0.3) is 0 Å². The first-order valence-electron chi connectivity index (χ1n) is 4.78. The third-order valence-electron chi connectivity index (χ3n) is 1.97. The Morgan fingerprint density at radius 2 is 2.33 bits per heavy atom. The van der Waals surface area contributed by atoms with Crippen LogP contribution < -0.4 is 0 Å².